The normalized spacial score (nSPS) is 11.2. The van der Waals surface area contributed by atoms with Crippen molar-refractivity contribution < 1.29 is 19.1 Å². The molecule has 0 atom stereocenters. The van der Waals surface area contributed by atoms with Gasteiger partial charge in [0.15, 0.2) is 0 Å². The molecule has 0 N–H and O–H groups in total. The van der Waals surface area contributed by atoms with Crippen LogP contribution in [-0.4, -0.2) is 11.9 Å². The number of benzene rings is 7. The third-order valence-electron chi connectivity index (χ3n) is 8.74. The number of aryl methyl sites for hydroxylation is 2. The number of hydrogen-bond acceptors (Lipinski definition) is 6. The maximum Gasteiger partial charge on any atom is 0.343 e. The summed E-state index contributed by atoms with van der Waals surface area (Å²) in [7, 11) is 0. The van der Waals surface area contributed by atoms with E-state index in [9.17, 15) is 9.59 Å². The molecule has 0 radical (unpaired) electrons. The minimum Gasteiger partial charge on any atom is -0.422 e. The van der Waals surface area contributed by atoms with Crippen LogP contribution in [0.25, 0.3) is 32.7 Å². The van der Waals surface area contributed by atoms with E-state index in [2.05, 4.69) is 10.2 Å². The lowest BCUT2D eigenvalue weighted by Gasteiger charge is -2.19. The van der Waals surface area contributed by atoms with Crippen LogP contribution in [-0.2, 0) is 0 Å². The molecular weight excluding hydrogens is 608 g/mol. The highest BCUT2D eigenvalue weighted by Gasteiger charge is 2.23. The number of rotatable bonds is 7. The van der Waals surface area contributed by atoms with Crippen molar-refractivity contribution in [1.82, 2.24) is 0 Å². The molecule has 0 aliphatic rings. The Bertz CT molecular complexity index is 2370. The van der Waals surface area contributed by atoms with Crippen LogP contribution in [0.5, 0.6) is 11.5 Å². The predicted octanol–water partition coefficient (Wildman–Crippen LogP) is 11.4. The molecule has 0 saturated carbocycles. The second kappa shape index (κ2) is 13.4. The molecule has 7 rings (SSSR count). The first-order valence-electron chi connectivity index (χ1n) is 16.0. The van der Waals surface area contributed by atoms with E-state index in [1.165, 1.54) is 0 Å². The van der Waals surface area contributed by atoms with Gasteiger partial charge in [-0.1, -0.05) is 78.9 Å². The predicted molar refractivity (Wildman–Crippen MR) is 195 cm³/mol. The van der Waals surface area contributed by atoms with E-state index in [1.54, 1.807) is 36.4 Å². The summed E-state index contributed by atoms with van der Waals surface area (Å²) in [5.41, 5.74) is 6.63. The average Bonchev–Trinajstić information content (AvgIpc) is 3.13. The van der Waals surface area contributed by atoms with Crippen molar-refractivity contribution >= 4 is 44.9 Å². The van der Waals surface area contributed by atoms with Gasteiger partial charge in [0.1, 0.15) is 11.5 Å². The Morgan fingerprint density at radius 3 is 1.45 bits per heavy atom. The first-order valence-corrected chi connectivity index (χ1v) is 16.0. The second-order valence-corrected chi connectivity index (χ2v) is 11.9. The van der Waals surface area contributed by atoms with Crippen molar-refractivity contribution in [2.45, 2.75) is 20.8 Å². The lowest BCUT2D eigenvalue weighted by molar-refractivity contribution is 0.0723. The summed E-state index contributed by atoms with van der Waals surface area (Å²) in [4.78, 5) is 27.4. The van der Waals surface area contributed by atoms with Crippen molar-refractivity contribution in [1.29, 1.82) is 0 Å². The third kappa shape index (κ3) is 6.45. The molecule has 238 valence electrons. The highest BCUT2D eigenvalue weighted by Crippen LogP contribution is 2.46. The van der Waals surface area contributed by atoms with Gasteiger partial charge in [0.2, 0.25) is 0 Å². The Kier molecular flexibility index (Phi) is 8.52. The fraction of sp³-hybridized carbons (Fsp3) is 0.0698. The lowest BCUT2D eigenvalue weighted by Crippen LogP contribution is -2.11. The zero-order chi connectivity index (χ0) is 33.9. The van der Waals surface area contributed by atoms with Crippen LogP contribution in [0.2, 0.25) is 0 Å². The van der Waals surface area contributed by atoms with Crippen molar-refractivity contribution in [3.63, 3.8) is 0 Å². The summed E-state index contributed by atoms with van der Waals surface area (Å²) in [6.45, 7) is 6.01. The molecule has 7 aromatic carbocycles. The number of carbonyl (C=O) groups excluding carboxylic acids is 2. The van der Waals surface area contributed by atoms with E-state index in [1.807, 2.05) is 124 Å². The SMILES string of the molecule is Cc1cc(C(=O)Oc2ccc3ccccc3c2-c2c(OC(=O)c3ccc(/N=N/c4ccccc4)cc3)ccc3ccccc23)cc(C)c1C. The minimum absolute atomic E-state index is 0.340. The quantitative estimate of drug-likeness (QED) is 0.0986. The zero-order valence-corrected chi connectivity index (χ0v) is 27.3. The Hall–Kier alpha value is -6.40. The van der Waals surface area contributed by atoms with Gasteiger partial charge in [0.25, 0.3) is 0 Å². The molecule has 0 aromatic heterocycles. The Morgan fingerprint density at radius 1 is 0.469 bits per heavy atom. The highest BCUT2D eigenvalue weighted by molar-refractivity contribution is 6.11. The molecule has 0 aliphatic carbocycles. The fourth-order valence-electron chi connectivity index (χ4n) is 5.93. The van der Waals surface area contributed by atoms with E-state index in [0.29, 0.717) is 39.4 Å². The Morgan fingerprint density at radius 2 is 0.918 bits per heavy atom. The molecule has 0 bridgehead atoms. The molecular formula is C43H32N2O4. The summed E-state index contributed by atoms with van der Waals surface area (Å²) in [5, 5.41) is 12.1. The molecule has 7 aromatic rings. The van der Waals surface area contributed by atoms with Gasteiger partial charge in [-0.2, -0.15) is 10.2 Å². The van der Waals surface area contributed by atoms with Crippen molar-refractivity contribution in [2.75, 3.05) is 0 Å². The number of esters is 2. The molecule has 0 aliphatic heterocycles. The molecule has 0 spiro atoms. The van der Waals surface area contributed by atoms with Crippen LogP contribution in [0, 0.1) is 20.8 Å². The Labute approximate surface area is 284 Å². The van der Waals surface area contributed by atoms with Gasteiger partial charge in [-0.05, 0) is 120 Å². The first kappa shape index (κ1) is 31.2. The van der Waals surface area contributed by atoms with Gasteiger partial charge >= 0.3 is 11.9 Å². The van der Waals surface area contributed by atoms with Crippen LogP contribution in [0.3, 0.4) is 0 Å². The van der Waals surface area contributed by atoms with Crippen LogP contribution in [0.15, 0.2) is 150 Å². The second-order valence-electron chi connectivity index (χ2n) is 11.9. The maximum absolute atomic E-state index is 13.7. The smallest absolute Gasteiger partial charge is 0.343 e. The van der Waals surface area contributed by atoms with E-state index in [4.69, 9.17) is 9.47 Å². The summed E-state index contributed by atoms with van der Waals surface area (Å²) < 4.78 is 12.4. The summed E-state index contributed by atoms with van der Waals surface area (Å²) >= 11 is 0. The molecule has 0 fully saturated rings. The molecule has 6 nitrogen and oxygen atoms in total. The van der Waals surface area contributed by atoms with E-state index >= 15 is 0 Å². The van der Waals surface area contributed by atoms with Crippen molar-refractivity contribution in [2.24, 2.45) is 10.2 Å². The van der Waals surface area contributed by atoms with E-state index in [0.717, 1.165) is 43.9 Å². The van der Waals surface area contributed by atoms with Gasteiger partial charge in [0, 0.05) is 11.1 Å². The van der Waals surface area contributed by atoms with Gasteiger partial charge in [-0.15, -0.1) is 0 Å². The van der Waals surface area contributed by atoms with Crippen LogP contribution < -0.4 is 9.47 Å². The van der Waals surface area contributed by atoms with Crippen LogP contribution in [0.4, 0.5) is 11.4 Å². The molecule has 0 unspecified atom stereocenters. The zero-order valence-electron chi connectivity index (χ0n) is 27.3. The Balaban J connectivity index is 1.30. The monoisotopic (exact) mass is 640 g/mol. The summed E-state index contributed by atoms with van der Waals surface area (Å²) in [6, 6.07) is 43.1. The van der Waals surface area contributed by atoms with Crippen LogP contribution >= 0.6 is 0 Å². The van der Waals surface area contributed by atoms with Gasteiger partial charge in [-0.3, -0.25) is 0 Å². The lowest BCUT2D eigenvalue weighted by atomic mass is 9.92. The molecule has 0 heterocycles. The number of fused-ring (bicyclic) bond motifs is 2. The molecule has 6 heteroatoms. The third-order valence-corrected chi connectivity index (χ3v) is 8.74. The van der Waals surface area contributed by atoms with E-state index < -0.39 is 11.9 Å². The first-order chi connectivity index (χ1) is 23.9. The number of nitrogens with zero attached hydrogens (tertiary/aromatic N) is 2. The standard InChI is InChI=1S/C43H32N2O4/c1-27-25-33(26-28(2)29(27)3)43(47)49-39-24-20-31-12-8-10-16-37(31)41(39)40-36-15-9-7-11-30(36)19-23-38(40)48-42(46)32-17-21-35(22-18-32)45-44-34-13-5-4-6-14-34/h4-26H,1-3H3/b45-44+. The fourth-order valence-corrected chi connectivity index (χ4v) is 5.93. The molecule has 49 heavy (non-hydrogen) atoms. The van der Waals surface area contributed by atoms with Gasteiger partial charge in [-0.25, -0.2) is 9.59 Å². The number of ether oxygens (including phenoxy) is 2. The van der Waals surface area contributed by atoms with Crippen molar-refractivity contribution in [3.8, 4) is 22.6 Å². The summed E-state index contributed by atoms with van der Waals surface area (Å²) in [5.74, 6) is -0.299. The molecule has 0 saturated heterocycles. The number of carbonyl (C=O) groups is 2. The minimum atomic E-state index is -0.535. The largest absolute Gasteiger partial charge is 0.422 e. The average molecular weight is 641 g/mol. The van der Waals surface area contributed by atoms with Gasteiger partial charge < -0.3 is 9.47 Å². The van der Waals surface area contributed by atoms with Gasteiger partial charge in [0.05, 0.1) is 22.5 Å². The highest BCUT2D eigenvalue weighted by atomic mass is 16.5. The van der Waals surface area contributed by atoms with Crippen molar-refractivity contribution in [3.05, 3.63) is 167 Å². The summed E-state index contributed by atoms with van der Waals surface area (Å²) in [6.07, 6.45) is 0. The van der Waals surface area contributed by atoms with E-state index in [-0.39, 0.29) is 0 Å². The number of azo groups is 1. The number of hydrogen-bond donors (Lipinski definition) is 0. The topological polar surface area (TPSA) is 77.3 Å². The maximum atomic E-state index is 13.7. The molecule has 0 amide bonds. The van der Waals surface area contributed by atoms with Crippen LogP contribution in [0.1, 0.15) is 37.4 Å².